The van der Waals surface area contributed by atoms with Crippen molar-refractivity contribution in [2.75, 3.05) is 19.5 Å². The molecule has 0 aliphatic carbocycles. The number of unbranched alkanes of at least 4 members (excludes halogenated alkanes) is 1. The lowest BCUT2D eigenvalue weighted by molar-refractivity contribution is -0.162. The molecular formula is C14H19N5O8S2. The summed E-state index contributed by atoms with van der Waals surface area (Å²) in [5.41, 5.74) is 5.30. The third kappa shape index (κ3) is 4.99. The zero-order valence-corrected chi connectivity index (χ0v) is 17.0. The average Bonchev–Trinajstić information content (AvgIpc) is 3.07. The molecule has 15 heteroatoms. The number of oxime groups is 1. The quantitative estimate of drug-likeness (QED) is 0.104. The van der Waals surface area contributed by atoms with E-state index in [4.69, 9.17) is 15.1 Å². The zero-order chi connectivity index (χ0) is 21.8. The highest BCUT2D eigenvalue weighted by Gasteiger charge is 2.58. The summed E-state index contributed by atoms with van der Waals surface area (Å²) in [6, 6.07) is -3.37. The molecule has 160 valence electrons. The van der Waals surface area contributed by atoms with Crippen LogP contribution in [0.2, 0.25) is 0 Å². The van der Waals surface area contributed by atoms with Crippen LogP contribution in [0.5, 0.6) is 0 Å². The molecule has 2 amide bonds. The Morgan fingerprint density at radius 1 is 1.48 bits per heavy atom. The van der Waals surface area contributed by atoms with Crippen LogP contribution in [0.3, 0.4) is 0 Å². The summed E-state index contributed by atoms with van der Waals surface area (Å²) in [6.45, 7) is 2.15. The molecule has 0 unspecified atom stereocenters. The molecule has 0 radical (unpaired) electrons. The first-order valence-electron chi connectivity index (χ1n) is 8.22. The number of aromatic nitrogens is 1. The molecule has 29 heavy (non-hydrogen) atoms. The predicted octanol–water partition coefficient (Wildman–Crippen LogP) is -1.08. The molecule has 0 saturated carbocycles. The fourth-order valence-electron chi connectivity index (χ4n) is 2.34. The largest absolute Gasteiger partial charge is 0.467 e. The number of nitrogens with zero attached hydrogens (tertiary/aromatic N) is 3. The van der Waals surface area contributed by atoms with E-state index >= 15 is 0 Å². The fraction of sp³-hybridized carbons (Fsp3) is 0.500. The molecule has 1 saturated heterocycles. The number of thiazole rings is 1. The van der Waals surface area contributed by atoms with Crippen molar-refractivity contribution in [3.63, 3.8) is 0 Å². The summed E-state index contributed by atoms with van der Waals surface area (Å²) in [6.07, 6.45) is 1.50. The monoisotopic (exact) mass is 449 g/mol. The van der Waals surface area contributed by atoms with Crippen LogP contribution in [-0.4, -0.2) is 71.6 Å². The van der Waals surface area contributed by atoms with Crippen molar-refractivity contribution in [3.05, 3.63) is 11.1 Å². The number of anilines is 1. The number of esters is 1. The predicted molar refractivity (Wildman–Crippen MR) is 100 cm³/mol. The molecule has 0 spiro atoms. The summed E-state index contributed by atoms with van der Waals surface area (Å²) < 4.78 is 36.1. The first kappa shape index (κ1) is 22.5. The summed E-state index contributed by atoms with van der Waals surface area (Å²) >= 11 is 1.03. The number of ether oxygens (including phenoxy) is 1. The van der Waals surface area contributed by atoms with Crippen LogP contribution in [0, 0.1) is 0 Å². The van der Waals surface area contributed by atoms with Gasteiger partial charge in [0.15, 0.2) is 16.9 Å². The van der Waals surface area contributed by atoms with E-state index in [1.165, 1.54) is 5.38 Å². The number of rotatable bonds is 9. The van der Waals surface area contributed by atoms with Crippen LogP contribution in [0.4, 0.5) is 5.13 Å². The van der Waals surface area contributed by atoms with Crippen molar-refractivity contribution >= 4 is 50.3 Å². The van der Waals surface area contributed by atoms with Gasteiger partial charge in [-0.05, 0) is 6.42 Å². The van der Waals surface area contributed by atoms with E-state index in [2.05, 4.69) is 20.2 Å². The lowest BCUT2D eigenvalue weighted by Gasteiger charge is -2.41. The summed E-state index contributed by atoms with van der Waals surface area (Å²) in [7, 11) is -4.07. The van der Waals surface area contributed by atoms with Crippen LogP contribution in [0.15, 0.2) is 10.5 Å². The zero-order valence-electron chi connectivity index (χ0n) is 15.4. The number of carbonyl (C=O) groups is 3. The lowest BCUT2D eigenvalue weighted by Crippen LogP contribution is -2.74. The van der Waals surface area contributed by atoms with Crippen LogP contribution in [-0.2, 0) is 34.3 Å². The van der Waals surface area contributed by atoms with E-state index in [0.29, 0.717) is 6.42 Å². The standard InChI is InChI=1S/C14H19N5O8S2/c1-3-4-5-27-18-8(7-6-28-14(15)16-7)11(20)17-9-10(13(22)26-2)19(12(9)21)29(23,24)25/h6,9-10H,3-5H2,1-2H3,(H2,15,16)(H,17,20)(H,23,24,25)/b18-8-/t9-,10-/m1/s1. The smallest absolute Gasteiger partial charge is 0.363 e. The van der Waals surface area contributed by atoms with Crippen LogP contribution in [0.1, 0.15) is 25.5 Å². The van der Waals surface area contributed by atoms with Crippen molar-refractivity contribution in [1.82, 2.24) is 14.6 Å². The molecule has 2 heterocycles. The molecule has 0 bridgehead atoms. The van der Waals surface area contributed by atoms with Crippen molar-refractivity contribution in [3.8, 4) is 0 Å². The minimum Gasteiger partial charge on any atom is -0.467 e. The third-order valence-corrected chi connectivity index (χ3v) is 5.33. The molecule has 2 atom stereocenters. The minimum absolute atomic E-state index is 0.0644. The first-order valence-corrected chi connectivity index (χ1v) is 10.5. The molecule has 2 rings (SSSR count). The number of hydrogen-bond acceptors (Lipinski definition) is 11. The topological polar surface area (TPSA) is 191 Å². The van der Waals surface area contributed by atoms with Crippen LogP contribution >= 0.6 is 11.3 Å². The van der Waals surface area contributed by atoms with Gasteiger partial charge in [0.1, 0.15) is 18.3 Å². The number of nitrogens with two attached hydrogens (primary N) is 1. The minimum atomic E-state index is -5.03. The highest BCUT2D eigenvalue weighted by molar-refractivity contribution is 7.84. The second-order valence-electron chi connectivity index (χ2n) is 5.73. The first-order chi connectivity index (χ1) is 13.6. The number of β-lactam (4-membered cyclic amide) rings is 1. The number of carbonyl (C=O) groups excluding carboxylic acids is 3. The number of methoxy groups -OCH3 is 1. The molecule has 1 fully saturated rings. The number of amides is 2. The Kier molecular flexibility index (Phi) is 7.10. The van der Waals surface area contributed by atoms with Crippen molar-refractivity contribution in [2.24, 2.45) is 5.16 Å². The number of hydrogen-bond donors (Lipinski definition) is 3. The Labute approximate surface area is 169 Å². The van der Waals surface area contributed by atoms with Gasteiger partial charge in [-0.25, -0.2) is 9.78 Å². The van der Waals surface area contributed by atoms with E-state index in [1.807, 2.05) is 6.92 Å². The van der Waals surface area contributed by atoms with Crippen molar-refractivity contribution < 1.29 is 36.9 Å². The maximum atomic E-state index is 12.6. The Morgan fingerprint density at radius 2 is 2.17 bits per heavy atom. The number of nitrogen functional groups attached to an aromatic ring is 1. The highest BCUT2D eigenvalue weighted by atomic mass is 32.2. The maximum absolute atomic E-state index is 12.6. The number of nitrogens with one attached hydrogen (secondary N) is 1. The van der Waals surface area contributed by atoms with Crippen molar-refractivity contribution in [1.29, 1.82) is 0 Å². The van der Waals surface area contributed by atoms with Gasteiger partial charge in [0.05, 0.1) is 7.11 Å². The lowest BCUT2D eigenvalue weighted by atomic mass is 9.98. The van der Waals surface area contributed by atoms with Gasteiger partial charge < -0.3 is 20.6 Å². The van der Waals surface area contributed by atoms with Gasteiger partial charge in [0, 0.05) is 5.38 Å². The maximum Gasteiger partial charge on any atom is 0.363 e. The van der Waals surface area contributed by atoms with E-state index in [0.717, 1.165) is 24.9 Å². The Balaban J connectivity index is 2.25. The molecule has 13 nitrogen and oxygen atoms in total. The normalized spacial score (nSPS) is 19.5. The van der Waals surface area contributed by atoms with Gasteiger partial charge in [-0.1, -0.05) is 18.5 Å². The Hall–Kier alpha value is -2.78. The van der Waals surface area contributed by atoms with E-state index in [9.17, 15) is 22.8 Å². The van der Waals surface area contributed by atoms with E-state index < -0.39 is 40.2 Å². The molecule has 1 aliphatic heterocycles. The molecule has 1 aliphatic rings. The molecule has 1 aromatic heterocycles. The SMILES string of the molecule is CCCCO/N=C(\C(=O)N[C@H]1C(=O)N(S(=O)(=O)O)[C@H]1C(=O)OC)c1csc(N)n1. The molecule has 0 aromatic carbocycles. The summed E-state index contributed by atoms with van der Waals surface area (Å²) in [5, 5.41) is 7.50. The van der Waals surface area contributed by atoms with E-state index in [1.54, 1.807) is 0 Å². The summed E-state index contributed by atoms with van der Waals surface area (Å²) in [4.78, 5) is 45.6. The van der Waals surface area contributed by atoms with Gasteiger partial charge in [-0.15, -0.1) is 11.3 Å². The highest BCUT2D eigenvalue weighted by Crippen LogP contribution is 2.25. The fourth-order valence-corrected chi connectivity index (χ4v) is 3.73. The van der Waals surface area contributed by atoms with Crippen molar-refractivity contribution in [2.45, 2.75) is 31.8 Å². The Bertz CT molecular complexity index is 928. The van der Waals surface area contributed by atoms with Gasteiger partial charge in [-0.2, -0.15) is 12.7 Å². The van der Waals surface area contributed by atoms with Gasteiger partial charge >= 0.3 is 16.3 Å². The summed E-state index contributed by atoms with van der Waals surface area (Å²) in [5.74, 6) is -3.34. The van der Waals surface area contributed by atoms with E-state index in [-0.39, 0.29) is 27.4 Å². The van der Waals surface area contributed by atoms with Crippen LogP contribution in [0.25, 0.3) is 0 Å². The van der Waals surface area contributed by atoms with Gasteiger partial charge in [0.25, 0.3) is 11.8 Å². The van der Waals surface area contributed by atoms with Crippen LogP contribution < -0.4 is 11.1 Å². The second-order valence-corrected chi connectivity index (χ2v) is 7.91. The molecule has 1 aromatic rings. The van der Waals surface area contributed by atoms with Gasteiger partial charge in [0.2, 0.25) is 0 Å². The van der Waals surface area contributed by atoms with Gasteiger partial charge in [-0.3, -0.25) is 14.1 Å². The average molecular weight is 449 g/mol. The third-order valence-electron chi connectivity index (χ3n) is 3.75. The molecular weight excluding hydrogens is 430 g/mol. The second kappa shape index (κ2) is 9.15. The Morgan fingerprint density at radius 3 is 2.69 bits per heavy atom. The molecule has 4 N–H and O–H groups in total.